The minimum Gasteiger partial charge on any atom is -0.465 e. The van der Waals surface area contributed by atoms with Crippen LogP contribution < -0.4 is 5.32 Å². The molecular formula is C17H19N3O3. The summed E-state index contributed by atoms with van der Waals surface area (Å²) in [5, 5.41) is 12.1. The van der Waals surface area contributed by atoms with Crippen molar-refractivity contribution in [3.63, 3.8) is 0 Å². The summed E-state index contributed by atoms with van der Waals surface area (Å²) in [7, 11) is 1.32. The standard InChI is InChI=1S/C17H19N3O3/c1-23-17(22)13-5-7-15(8-6-13)19-12-14(11-18)16(21)20-9-3-2-4-10-20/h5-8,12,19H,2-4,9-10H2,1H3/b14-12-. The number of amides is 1. The third kappa shape index (κ3) is 4.33. The summed E-state index contributed by atoms with van der Waals surface area (Å²) in [6.45, 7) is 1.40. The fraction of sp³-hybridized carbons (Fsp3) is 0.353. The Morgan fingerprint density at radius 2 is 1.87 bits per heavy atom. The van der Waals surface area contributed by atoms with Crippen molar-refractivity contribution < 1.29 is 14.3 Å². The van der Waals surface area contributed by atoms with E-state index in [0.29, 0.717) is 24.3 Å². The average molecular weight is 313 g/mol. The van der Waals surface area contributed by atoms with Crippen LogP contribution in [0.15, 0.2) is 36.0 Å². The van der Waals surface area contributed by atoms with Gasteiger partial charge < -0.3 is 15.0 Å². The zero-order valence-electron chi connectivity index (χ0n) is 13.0. The van der Waals surface area contributed by atoms with Gasteiger partial charge in [-0.25, -0.2) is 4.79 Å². The molecule has 1 N–H and O–H groups in total. The molecule has 6 heteroatoms. The van der Waals surface area contributed by atoms with Crippen LogP contribution in [0.3, 0.4) is 0 Å². The van der Waals surface area contributed by atoms with E-state index in [4.69, 9.17) is 0 Å². The van der Waals surface area contributed by atoms with Crippen molar-refractivity contribution in [2.45, 2.75) is 19.3 Å². The molecule has 120 valence electrons. The Morgan fingerprint density at radius 1 is 1.22 bits per heavy atom. The molecule has 23 heavy (non-hydrogen) atoms. The number of carbonyl (C=O) groups excluding carboxylic acids is 2. The number of esters is 1. The van der Waals surface area contributed by atoms with E-state index in [1.165, 1.54) is 13.3 Å². The SMILES string of the molecule is COC(=O)c1ccc(N/C=C(/C#N)C(=O)N2CCCCC2)cc1. The average Bonchev–Trinajstić information content (AvgIpc) is 2.62. The predicted molar refractivity (Wildman–Crippen MR) is 85.5 cm³/mol. The van der Waals surface area contributed by atoms with E-state index in [1.807, 2.05) is 6.07 Å². The van der Waals surface area contributed by atoms with Gasteiger partial charge in [-0.2, -0.15) is 5.26 Å². The van der Waals surface area contributed by atoms with E-state index in [0.717, 1.165) is 19.3 Å². The topological polar surface area (TPSA) is 82.4 Å². The lowest BCUT2D eigenvalue weighted by Crippen LogP contribution is -2.36. The lowest BCUT2D eigenvalue weighted by Gasteiger charge is -2.26. The number of nitrogens with one attached hydrogen (secondary N) is 1. The van der Waals surface area contributed by atoms with E-state index in [2.05, 4.69) is 10.1 Å². The molecule has 1 heterocycles. The van der Waals surface area contributed by atoms with Crippen LogP contribution in [0.2, 0.25) is 0 Å². The molecular weight excluding hydrogens is 294 g/mol. The van der Waals surface area contributed by atoms with Crippen LogP contribution in [0.4, 0.5) is 5.69 Å². The van der Waals surface area contributed by atoms with Crippen LogP contribution in [0.1, 0.15) is 29.6 Å². The minimum atomic E-state index is -0.412. The largest absolute Gasteiger partial charge is 0.465 e. The summed E-state index contributed by atoms with van der Waals surface area (Å²) >= 11 is 0. The number of methoxy groups -OCH3 is 1. The van der Waals surface area contributed by atoms with Crippen LogP contribution in [0.25, 0.3) is 0 Å². The second-order valence-corrected chi connectivity index (χ2v) is 5.24. The third-order valence-corrected chi connectivity index (χ3v) is 3.68. The van der Waals surface area contributed by atoms with Gasteiger partial charge in [-0.3, -0.25) is 4.79 Å². The number of nitrogens with zero attached hydrogens (tertiary/aromatic N) is 2. The molecule has 0 saturated carbocycles. The van der Waals surface area contributed by atoms with Crippen LogP contribution in [0.5, 0.6) is 0 Å². The smallest absolute Gasteiger partial charge is 0.337 e. The molecule has 6 nitrogen and oxygen atoms in total. The van der Waals surface area contributed by atoms with Gasteiger partial charge in [-0.05, 0) is 43.5 Å². The first-order chi connectivity index (χ1) is 11.2. The van der Waals surface area contributed by atoms with Crippen molar-refractivity contribution >= 4 is 17.6 Å². The van der Waals surface area contributed by atoms with E-state index >= 15 is 0 Å². The third-order valence-electron chi connectivity index (χ3n) is 3.68. The molecule has 1 amide bonds. The lowest BCUT2D eigenvalue weighted by atomic mass is 10.1. The molecule has 1 aliphatic heterocycles. The number of carbonyl (C=O) groups is 2. The summed E-state index contributed by atoms with van der Waals surface area (Å²) in [5.74, 6) is -0.657. The highest BCUT2D eigenvalue weighted by Crippen LogP contribution is 2.14. The first-order valence-electron chi connectivity index (χ1n) is 7.50. The van der Waals surface area contributed by atoms with Crippen molar-refractivity contribution in [2.75, 3.05) is 25.5 Å². The molecule has 0 unspecified atom stereocenters. The number of hydrogen-bond acceptors (Lipinski definition) is 5. The number of hydrogen-bond donors (Lipinski definition) is 1. The van der Waals surface area contributed by atoms with Crippen LogP contribution in [-0.4, -0.2) is 37.0 Å². The van der Waals surface area contributed by atoms with E-state index in [-0.39, 0.29) is 11.5 Å². The number of piperidine rings is 1. The monoisotopic (exact) mass is 313 g/mol. The van der Waals surface area contributed by atoms with Crippen molar-refractivity contribution in [3.05, 3.63) is 41.6 Å². The highest BCUT2D eigenvalue weighted by molar-refractivity contribution is 5.97. The Bertz CT molecular complexity index is 638. The maximum Gasteiger partial charge on any atom is 0.337 e. The summed E-state index contributed by atoms with van der Waals surface area (Å²) in [4.78, 5) is 25.3. The van der Waals surface area contributed by atoms with Gasteiger partial charge in [-0.15, -0.1) is 0 Å². The Morgan fingerprint density at radius 3 is 2.43 bits per heavy atom. The van der Waals surface area contributed by atoms with E-state index in [9.17, 15) is 14.9 Å². The molecule has 1 aromatic rings. The van der Waals surface area contributed by atoms with Crippen molar-refractivity contribution in [1.29, 1.82) is 5.26 Å². The zero-order valence-corrected chi connectivity index (χ0v) is 13.0. The molecule has 2 rings (SSSR count). The van der Waals surface area contributed by atoms with Gasteiger partial charge in [0.05, 0.1) is 12.7 Å². The fourth-order valence-corrected chi connectivity index (χ4v) is 2.39. The number of anilines is 1. The molecule has 0 bridgehead atoms. The molecule has 1 fully saturated rings. The fourth-order valence-electron chi connectivity index (χ4n) is 2.39. The van der Waals surface area contributed by atoms with Crippen molar-refractivity contribution in [3.8, 4) is 6.07 Å². The van der Waals surface area contributed by atoms with Crippen LogP contribution >= 0.6 is 0 Å². The molecule has 1 aliphatic rings. The van der Waals surface area contributed by atoms with Gasteiger partial charge in [0.15, 0.2) is 0 Å². The highest BCUT2D eigenvalue weighted by Gasteiger charge is 2.20. The second-order valence-electron chi connectivity index (χ2n) is 5.24. The van der Waals surface area contributed by atoms with Gasteiger partial charge in [-0.1, -0.05) is 0 Å². The molecule has 0 radical (unpaired) electrons. The minimum absolute atomic E-state index is 0.0731. The van der Waals surface area contributed by atoms with E-state index in [1.54, 1.807) is 29.2 Å². The molecule has 1 aromatic carbocycles. The highest BCUT2D eigenvalue weighted by atomic mass is 16.5. The van der Waals surface area contributed by atoms with Gasteiger partial charge >= 0.3 is 5.97 Å². The van der Waals surface area contributed by atoms with Gasteiger partial charge in [0.2, 0.25) is 0 Å². The van der Waals surface area contributed by atoms with Crippen LogP contribution in [0, 0.1) is 11.3 Å². The number of ether oxygens (including phenoxy) is 1. The van der Waals surface area contributed by atoms with Gasteiger partial charge in [0.1, 0.15) is 11.6 Å². The number of benzene rings is 1. The summed E-state index contributed by atoms with van der Waals surface area (Å²) in [6, 6.07) is 8.53. The maximum absolute atomic E-state index is 12.3. The first-order valence-corrected chi connectivity index (χ1v) is 7.50. The number of nitriles is 1. The lowest BCUT2D eigenvalue weighted by molar-refractivity contribution is -0.127. The summed E-state index contributed by atoms with van der Waals surface area (Å²) in [6.07, 6.45) is 4.49. The summed E-state index contributed by atoms with van der Waals surface area (Å²) in [5.41, 5.74) is 1.19. The Labute approximate surface area is 135 Å². The predicted octanol–water partition coefficient (Wildman–Crippen LogP) is 2.31. The van der Waals surface area contributed by atoms with Gasteiger partial charge in [0, 0.05) is 25.0 Å². The maximum atomic E-state index is 12.3. The number of rotatable bonds is 4. The molecule has 0 aliphatic carbocycles. The second kappa shape index (κ2) is 7.99. The van der Waals surface area contributed by atoms with E-state index < -0.39 is 5.97 Å². The zero-order chi connectivity index (χ0) is 16.7. The molecule has 1 saturated heterocycles. The normalized spacial score (nSPS) is 14.8. The number of likely N-dealkylation sites (tertiary alicyclic amines) is 1. The summed E-state index contributed by atoms with van der Waals surface area (Å²) < 4.78 is 4.63. The molecule has 0 spiro atoms. The first kappa shape index (κ1) is 16.6. The van der Waals surface area contributed by atoms with Gasteiger partial charge in [0.25, 0.3) is 5.91 Å². The Kier molecular flexibility index (Phi) is 5.75. The Balaban J connectivity index is 2.03. The quantitative estimate of drug-likeness (QED) is 0.524. The molecule has 0 aromatic heterocycles. The van der Waals surface area contributed by atoms with Crippen molar-refractivity contribution in [1.82, 2.24) is 4.90 Å². The molecule has 0 atom stereocenters. The van der Waals surface area contributed by atoms with Crippen LogP contribution in [-0.2, 0) is 9.53 Å². The van der Waals surface area contributed by atoms with Crippen molar-refractivity contribution in [2.24, 2.45) is 0 Å². The Hall–Kier alpha value is -2.81.